The van der Waals surface area contributed by atoms with Gasteiger partial charge in [0.25, 0.3) is 0 Å². The molecule has 1 aliphatic heterocycles. The normalized spacial score (nSPS) is 14.9. The van der Waals surface area contributed by atoms with Gasteiger partial charge in [-0.1, -0.05) is 30.0 Å². The second-order valence-corrected chi connectivity index (χ2v) is 9.15. The van der Waals surface area contributed by atoms with Gasteiger partial charge in [-0.3, -0.25) is 0 Å². The van der Waals surface area contributed by atoms with Crippen molar-refractivity contribution >= 4 is 22.7 Å². The van der Waals surface area contributed by atoms with Gasteiger partial charge >= 0.3 is 0 Å². The van der Waals surface area contributed by atoms with Gasteiger partial charge in [-0.05, 0) is 55.1 Å². The number of para-hydroxylation sites is 1. The van der Waals surface area contributed by atoms with Gasteiger partial charge in [0.15, 0.2) is 5.16 Å². The summed E-state index contributed by atoms with van der Waals surface area (Å²) in [5, 5.41) is 1.77. The molecule has 0 radical (unpaired) electrons. The third-order valence-corrected chi connectivity index (χ3v) is 6.79. The van der Waals surface area contributed by atoms with Crippen molar-refractivity contribution in [1.82, 2.24) is 24.5 Å². The molecular formula is C27H22FN5OS. The highest BCUT2D eigenvalue weighted by atomic mass is 32.2. The summed E-state index contributed by atoms with van der Waals surface area (Å²) in [5.41, 5.74) is 4.24. The molecule has 0 aliphatic carbocycles. The van der Waals surface area contributed by atoms with E-state index in [1.807, 2.05) is 48.7 Å². The molecule has 3 aromatic heterocycles. The van der Waals surface area contributed by atoms with E-state index >= 15 is 0 Å². The van der Waals surface area contributed by atoms with Crippen LogP contribution < -0.4 is 4.74 Å². The van der Waals surface area contributed by atoms with Crippen molar-refractivity contribution < 1.29 is 9.13 Å². The van der Waals surface area contributed by atoms with Crippen LogP contribution in [0.1, 0.15) is 18.3 Å². The Morgan fingerprint density at radius 1 is 1.00 bits per heavy atom. The molecule has 8 heteroatoms. The minimum Gasteiger partial charge on any atom is -0.475 e. The molecule has 5 aromatic rings. The zero-order chi connectivity index (χ0) is 23.8. The van der Waals surface area contributed by atoms with E-state index in [0.717, 1.165) is 52.2 Å². The van der Waals surface area contributed by atoms with Crippen LogP contribution in [0.25, 0.3) is 33.5 Å². The van der Waals surface area contributed by atoms with Crippen LogP contribution in [0.5, 0.6) is 5.88 Å². The Hall–Kier alpha value is -3.78. The number of hydrogen-bond acceptors (Lipinski definition) is 6. The quantitative estimate of drug-likeness (QED) is 0.219. The topological polar surface area (TPSA) is 65.7 Å². The Balaban J connectivity index is 1.38. The summed E-state index contributed by atoms with van der Waals surface area (Å²) in [5.74, 6) is 1.30. The van der Waals surface area contributed by atoms with Crippen molar-refractivity contribution in [2.45, 2.75) is 24.0 Å². The van der Waals surface area contributed by atoms with Crippen LogP contribution in [0.4, 0.5) is 4.39 Å². The third-order valence-electron chi connectivity index (χ3n) is 6.22. The van der Waals surface area contributed by atoms with Gasteiger partial charge in [0.05, 0.1) is 28.6 Å². The number of imidazole rings is 1. The number of thioether (sulfide) groups is 1. The van der Waals surface area contributed by atoms with Crippen LogP contribution in [0.3, 0.4) is 0 Å². The summed E-state index contributed by atoms with van der Waals surface area (Å²) in [4.78, 5) is 18.7. The first-order valence-corrected chi connectivity index (χ1v) is 12.6. The summed E-state index contributed by atoms with van der Waals surface area (Å²) in [7, 11) is 0. The highest BCUT2D eigenvalue weighted by molar-refractivity contribution is 7.98. The lowest BCUT2D eigenvalue weighted by atomic mass is 10.1. The van der Waals surface area contributed by atoms with Crippen molar-refractivity contribution in [2.75, 3.05) is 12.9 Å². The largest absolute Gasteiger partial charge is 0.475 e. The molecule has 1 atom stereocenters. The molecule has 0 saturated heterocycles. The number of rotatable bonds is 6. The number of fused-ring (bicyclic) bond motifs is 2. The van der Waals surface area contributed by atoms with E-state index in [2.05, 4.69) is 14.5 Å². The van der Waals surface area contributed by atoms with E-state index in [-0.39, 0.29) is 11.9 Å². The van der Waals surface area contributed by atoms with Gasteiger partial charge in [0, 0.05) is 29.6 Å². The zero-order valence-corrected chi connectivity index (χ0v) is 19.9. The Kier molecular flexibility index (Phi) is 5.66. The van der Waals surface area contributed by atoms with E-state index in [4.69, 9.17) is 14.7 Å². The second-order valence-electron chi connectivity index (χ2n) is 8.38. The van der Waals surface area contributed by atoms with Crippen LogP contribution in [-0.4, -0.2) is 37.4 Å². The van der Waals surface area contributed by atoms with Gasteiger partial charge in [0.2, 0.25) is 5.88 Å². The molecule has 4 heterocycles. The molecule has 0 bridgehead atoms. The molecule has 6 nitrogen and oxygen atoms in total. The number of aromatic nitrogens is 5. The molecule has 0 unspecified atom stereocenters. The third kappa shape index (κ3) is 4.14. The van der Waals surface area contributed by atoms with E-state index in [0.29, 0.717) is 17.6 Å². The van der Waals surface area contributed by atoms with E-state index in [1.54, 1.807) is 18.3 Å². The first-order valence-electron chi connectivity index (χ1n) is 11.4. The van der Waals surface area contributed by atoms with E-state index in [1.165, 1.54) is 23.9 Å². The molecule has 0 N–H and O–H groups in total. The highest BCUT2D eigenvalue weighted by Gasteiger charge is 2.31. The van der Waals surface area contributed by atoms with E-state index < -0.39 is 0 Å². The molecule has 0 fully saturated rings. The van der Waals surface area contributed by atoms with Crippen molar-refractivity contribution in [2.24, 2.45) is 0 Å². The van der Waals surface area contributed by atoms with Crippen LogP contribution in [0.15, 0.2) is 78.1 Å². The van der Waals surface area contributed by atoms with Crippen LogP contribution >= 0.6 is 11.8 Å². The lowest BCUT2D eigenvalue weighted by molar-refractivity contribution is 0.248. The lowest BCUT2D eigenvalue weighted by Crippen LogP contribution is -2.15. The minimum atomic E-state index is -0.275. The number of pyridine rings is 1. The van der Waals surface area contributed by atoms with Gasteiger partial charge in [-0.2, -0.15) is 0 Å². The van der Waals surface area contributed by atoms with E-state index in [9.17, 15) is 4.39 Å². The molecule has 1 aliphatic rings. The average Bonchev–Trinajstić information content (AvgIpc) is 3.47. The maximum absolute atomic E-state index is 13.6. The summed E-state index contributed by atoms with van der Waals surface area (Å²) in [6.07, 6.45) is 5.46. The standard InChI is InChI=1S/C27H22FN5OS/c1-35-27-29-15-14-22(31-27)26-25(18-6-9-19(28)10-7-18)32-23-12-11-20(33(23)26)16-34-24-13-8-17-4-2-3-5-21(17)30-24/h2-10,13-15,20H,11-12,16H2,1H3/t20-/m0/s1. The smallest absolute Gasteiger partial charge is 0.213 e. The monoisotopic (exact) mass is 483 g/mol. The Bertz CT molecular complexity index is 1520. The number of ether oxygens (including phenoxy) is 1. The molecular weight excluding hydrogens is 461 g/mol. The lowest BCUT2D eigenvalue weighted by Gasteiger charge is -2.18. The molecule has 6 rings (SSSR count). The fraction of sp³-hybridized carbons (Fsp3) is 0.185. The molecule has 35 heavy (non-hydrogen) atoms. The highest BCUT2D eigenvalue weighted by Crippen LogP contribution is 2.39. The fourth-order valence-corrected chi connectivity index (χ4v) is 4.92. The number of aryl methyl sites for hydroxylation is 1. The maximum Gasteiger partial charge on any atom is 0.213 e. The second kappa shape index (κ2) is 9.11. The first-order chi connectivity index (χ1) is 17.2. The number of benzene rings is 2. The summed E-state index contributed by atoms with van der Waals surface area (Å²) in [6.45, 7) is 0.463. The van der Waals surface area contributed by atoms with Gasteiger partial charge in [-0.15, -0.1) is 0 Å². The maximum atomic E-state index is 13.6. The van der Waals surface area contributed by atoms with Crippen LogP contribution in [0, 0.1) is 5.82 Å². The number of hydrogen-bond donors (Lipinski definition) is 0. The minimum absolute atomic E-state index is 0.0719. The van der Waals surface area contributed by atoms with Gasteiger partial charge in [0.1, 0.15) is 18.2 Å². The Morgan fingerprint density at radius 3 is 2.71 bits per heavy atom. The van der Waals surface area contributed by atoms with Crippen molar-refractivity contribution in [3.05, 3.63) is 84.6 Å². The molecule has 0 amide bonds. The summed E-state index contributed by atoms with van der Waals surface area (Å²) < 4.78 is 22.0. The van der Waals surface area contributed by atoms with Crippen LogP contribution in [-0.2, 0) is 6.42 Å². The molecule has 0 spiro atoms. The summed E-state index contributed by atoms with van der Waals surface area (Å²) >= 11 is 1.49. The van der Waals surface area contributed by atoms with Crippen LogP contribution in [0.2, 0.25) is 0 Å². The molecule has 0 saturated carbocycles. The predicted molar refractivity (Wildman–Crippen MR) is 135 cm³/mol. The van der Waals surface area contributed by atoms with Crippen molar-refractivity contribution in [3.8, 4) is 28.5 Å². The fourth-order valence-electron chi connectivity index (χ4n) is 4.57. The first kappa shape index (κ1) is 21.7. The Morgan fingerprint density at radius 2 is 1.86 bits per heavy atom. The average molecular weight is 484 g/mol. The van der Waals surface area contributed by atoms with Crippen molar-refractivity contribution in [3.63, 3.8) is 0 Å². The predicted octanol–water partition coefficient (Wildman–Crippen LogP) is 5.98. The molecule has 174 valence electrons. The number of nitrogens with zero attached hydrogens (tertiary/aromatic N) is 5. The Labute approximate surface area is 206 Å². The number of halogens is 1. The van der Waals surface area contributed by atoms with Crippen molar-refractivity contribution in [1.29, 1.82) is 0 Å². The summed E-state index contributed by atoms with van der Waals surface area (Å²) in [6, 6.07) is 20.3. The van der Waals surface area contributed by atoms with Gasteiger partial charge < -0.3 is 9.30 Å². The molecule has 2 aromatic carbocycles. The SMILES string of the molecule is CSc1nccc(-c2c(-c3ccc(F)cc3)nc3n2[C@H](COc2ccc4ccccc4n2)CC3)n1. The zero-order valence-electron chi connectivity index (χ0n) is 19.1. The van der Waals surface area contributed by atoms with Gasteiger partial charge in [-0.25, -0.2) is 24.3 Å².